The lowest BCUT2D eigenvalue weighted by molar-refractivity contribution is -0.133. The third kappa shape index (κ3) is 2.16. The summed E-state index contributed by atoms with van der Waals surface area (Å²) in [4.78, 5) is 26.2. The van der Waals surface area contributed by atoms with Crippen molar-refractivity contribution in [2.75, 3.05) is 18.8 Å². The van der Waals surface area contributed by atoms with Gasteiger partial charge in [-0.15, -0.1) is 0 Å². The van der Waals surface area contributed by atoms with E-state index in [2.05, 4.69) is 5.32 Å². The topological polar surface area (TPSA) is 75.4 Å². The molecule has 2 amide bonds. The van der Waals surface area contributed by atoms with Crippen LogP contribution in [-0.2, 0) is 4.79 Å². The average Bonchev–Trinajstić information content (AvgIpc) is 2.32. The lowest BCUT2D eigenvalue weighted by atomic mass is 9.96. The van der Waals surface area contributed by atoms with E-state index in [1.54, 1.807) is 24.8 Å². The highest BCUT2D eigenvalue weighted by Gasteiger charge is 2.41. The summed E-state index contributed by atoms with van der Waals surface area (Å²) in [6.07, 6.45) is 0. The van der Waals surface area contributed by atoms with Crippen LogP contribution in [-0.4, -0.2) is 35.3 Å². The Hall–Kier alpha value is -2.04. The van der Waals surface area contributed by atoms with E-state index in [4.69, 9.17) is 5.73 Å². The van der Waals surface area contributed by atoms with Crippen molar-refractivity contribution in [3.8, 4) is 0 Å². The van der Waals surface area contributed by atoms with Crippen LogP contribution in [0, 0.1) is 6.92 Å². The smallest absolute Gasteiger partial charge is 0.257 e. The Morgan fingerprint density at radius 3 is 2.74 bits per heavy atom. The summed E-state index contributed by atoms with van der Waals surface area (Å²) < 4.78 is 0. The number of rotatable bonds is 1. The van der Waals surface area contributed by atoms with E-state index in [0.29, 0.717) is 24.3 Å². The minimum absolute atomic E-state index is 0.140. The molecule has 3 N–H and O–H groups in total. The van der Waals surface area contributed by atoms with Crippen molar-refractivity contribution in [3.05, 3.63) is 29.3 Å². The number of hydrogen-bond donors (Lipinski definition) is 2. The molecule has 1 aromatic carbocycles. The Bertz CT molecular complexity index is 517. The van der Waals surface area contributed by atoms with E-state index in [-0.39, 0.29) is 11.8 Å². The molecule has 0 aliphatic carbocycles. The largest absolute Gasteiger partial charge is 0.398 e. The van der Waals surface area contributed by atoms with Crippen molar-refractivity contribution in [2.45, 2.75) is 26.3 Å². The Morgan fingerprint density at radius 1 is 1.42 bits per heavy atom. The summed E-state index contributed by atoms with van der Waals surface area (Å²) in [5.74, 6) is -0.324. The molecule has 1 aliphatic rings. The Kier molecular flexibility index (Phi) is 3.22. The van der Waals surface area contributed by atoms with E-state index >= 15 is 0 Å². The summed E-state index contributed by atoms with van der Waals surface area (Å²) in [5.41, 5.74) is 6.81. The van der Waals surface area contributed by atoms with Gasteiger partial charge in [-0.25, -0.2) is 0 Å². The number of hydrogen-bond acceptors (Lipinski definition) is 3. The predicted octanol–water partition coefficient (Wildman–Crippen LogP) is 0.928. The number of piperazine rings is 1. The Morgan fingerprint density at radius 2 is 2.11 bits per heavy atom. The standard InChI is InChI=1S/C14H19N3O2/c1-9-5-4-6-10(15)11(9)12(18)17-8-7-16-13(19)14(17,2)3/h4-6H,7-8,15H2,1-3H3,(H,16,19). The second-order valence-electron chi connectivity index (χ2n) is 5.31. The van der Waals surface area contributed by atoms with Gasteiger partial charge in [0.25, 0.3) is 5.91 Å². The molecular formula is C14H19N3O2. The Labute approximate surface area is 112 Å². The number of benzene rings is 1. The van der Waals surface area contributed by atoms with Gasteiger partial charge in [0.05, 0.1) is 5.56 Å². The van der Waals surface area contributed by atoms with Gasteiger partial charge in [-0.05, 0) is 32.4 Å². The summed E-state index contributed by atoms with van der Waals surface area (Å²) in [6.45, 7) is 6.30. The number of nitrogen functional groups attached to an aromatic ring is 1. The summed E-state index contributed by atoms with van der Waals surface area (Å²) in [7, 11) is 0. The number of nitrogens with zero attached hydrogens (tertiary/aromatic N) is 1. The minimum atomic E-state index is -0.857. The van der Waals surface area contributed by atoms with E-state index < -0.39 is 5.54 Å². The zero-order chi connectivity index (χ0) is 14.2. The molecule has 5 nitrogen and oxygen atoms in total. The summed E-state index contributed by atoms with van der Waals surface area (Å²) in [5, 5.41) is 2.77. The van der Waals surface area contributed by atoms with Crippen LogP contribution in [0.5, 0.6) is 0 Å². The molecule has 0 bridgehead atoms. The highest BCUT2D eigenvalue weighted by Crippen LogP contribution is 2.25. The quantitative estimate of drug-likeness (QED) is 0.738. The first kappa shape index (κ1) is 13.4. The molecule has 1 fully saturated rings. The molecule has 0 spiro atoms. The normalized spacial score (nSPS) is 18.1. The SMILES string of the molecule is Cc1cccc(N)c1C(=O)N1CCNC(=O)C1(C)C. The molecule has 1 heterocycles. The number of carbonyl (C=O) groups excluding carboxylic acids is 2. The molecule has 0 unspecified atom stereocenters. The van der Waals surface area contributed by atoms with Crippen LogP contribution in [0.25, 0.3) is 0 Å². The highest BCUT2D eigenvalue weighted by molar-refractivity contribution is 6.04. The molecule has 1 saturated heterocycles. The maximum absolute atomic E-state index is 12.7. The first-order chi connectivity index (χ1) is 8.85. The maximum atomic E-state index is 12.7. The van der Waals surface area contributed by atoms with E-state index in [0.717, 1.165) is 5.56 Å². The summed E-state index contributed by atoms with van der Waals surface area (Å²) >= 11 is 0. The van der Waals surface area contributed by atoms with Gasteiger partial charge in [0, 0.05) is 18.8 Å². The fourth-order valence-corrected chi connectivity index (χ4v) is 2.37. The molecule has 19 heavy (non-hydrogen) atoms. The lowest BCUT2D eigenvalue weighted by Gasteiger charge is -2.41. The zero-order valence-electron chi connectivity index (χ0n) is 11.5. The average molecular weight is 261 g/mol. The van der Waals surface area contributed by atoms with E-state index in [9.17, 15) is 9.59 Å². The fraction of sp³-hybridized carbons (Fsp3) is 0.429. The van der Waals surface area contributed by atoms with Crippen LogP contribution in [0.3, 0.4) is 0 Å². The minimum Gasteiger partial charge on any atom is -0.398 e. The molecule has 0 aromatic heterocycles. The molecule has 5 heteroatoms. The molecule has 0 atom stereocenters. The van der Waals surface area contributed by atoms with Crippen molar-refractivity contribution in [2.24, 2.45) is 0 Å². The predicted molar refractivity (Wildman–Crippen MR) is 73.7 cm³/mol. The number of anilines is 1. The van der Waals surface area contributed by atoms with Crippen molar-refractivity contribution in [3.63, 3.8) is 0 Å². The zero-order valence-corrected chi connectivity index (χ0v) is 11.5. The number of amides is 2. The Balaban J connectivity index is 2.41. The van der Waals surface area contributed by atoms with Gasteiger partial charge in [-0.2, -0.15) is 0 Å². The second-order valence-corrected chi connectivity index (χ2v) is 5.31. The monoisotopic (exact) mass is 261 g/mol. The highest BCUT2D eigenvalue weighted by atomic mass is 16.2. The van der Waals surface area contributed by atoms with Crippen LogP contribution in [0.1, 0.15) is 29.8 Å². The second kappa shape index (κ2) is 4.57. The van der Waals surface area contributed by atoms with Crippen molar-refractivity contribution < 1.29 is 9.59 Å². The van der Waals surface area contributed by atoms with E-state index in [1.165, 1.54) is 0 Å². The van der Waals surface area contributed by atoms with Crippen LogP contribution >= 0.6 is 0 Å². The lowest BCUT2D eigenvalue weighted by Crippen LogP contribution is -2.63. The van der Waals surface area contributed by atoms with Crippen LogP contribution in [0.4, 0.5) is 5.69 Å². The fourth-order valence-electron chi connectivity index (χ4n) is 2.37. The van der Waals surface area contributed by atoms with Gasteiger partial charge < -0.3 is 16.0 Å². The molecule has 2 rings (SSSR count). The van der Waals surface area contributed by atoms with Gasteiger partial charge in [-0.3, -0.25) is 9.59 Å². The van der Waals surface area contributed by atoms with Crippen molar-refractivity contribution >= 4 is 17.5 Å². The van der Waals surface area contributed by atoms with Gasteiger partial charge in [-0.1, -0.05) is 12.1 Å². The van der Waals surface area contributed by atoms with Crippen LogP contribution in [0.15, 0.2) is 18.2 Å². The number of carbonyl (C=O) groups is 2. The van der Waals surface area contributed by atoms with Crippen LogP contribution < -0.4 is 11.1 Å². The molecule has 102 valence electrons. The molecule has 1 aliphatic heterocycles. The molecule has 1 aromatic rings. The first-order valence-corrected chi connectivity index (χ1v) is 6.31. The maximum Gasteiger partial charge on any atom is 0.257 e. The molecule has 0 saturated carbocycles. The first-order valence-electron chi connectivity index (χ1n) is 6.31. The molecular weight excluding hydrogens is 242 g/mol. The number of aryl methyl sites for hydroxylation is 1. The van der Waals surface area contributed by atoms with Crippen molar-refractivity contribution in [1.82, 2.24) is 10.2 Å². The number of nitrogens with two attached hydrogens (primary N) is 1. The van der Waals surface area contributed by atoms with Crippen molar-refractivity contribution in [1.29, 1.82) is 0 Å². The van der Waals surface area contributed by atoms with Crippen LogP contribution in [0.2, 0.25) is 0 Å². The third-order valence-electron chi connectivity index (χ3n) is 3.62. The third-order valence-corrected chi connectivity index (χ3v) is 3.62. The van der Waals surface area contributed by atoms with Gasteiger partial charge >= 0.3 is 0 Å². The van der Waals surface area contributed by atoms with Gasteiger partial charge in [0.2, 0.25) is 5.91 Å². The molecule has 0 radical (unpaired) electrons. The summed E-state index contributed by atoms with van der Waals surface area (Å²) in [6, 6.07) is 5.37. The van der Waals surface area contributed by atoms with E-state index in [1.807, 2.05) is 19.1 Å². The van der Waals surface area contributed by atoms with Gasteiger partial charge in [0.1, 0.15) is 5.54 Å². The van der Waals surface area contributed by atoms with Gasteiger partial charge in [0.15, 0.2) is 0 Å². The number of nitrogens with one attached hydrogen (secondary N) is 1.